The van der Waals surface area contributed by atoms with Gasteiger partial charge in [-0.3, -0.25) is 0 Å². The summed E-state index contributed by atoms with van der Waals surface area (Å²) in [5, 5.41) is 5.86. The van der Waals surface area contributed by atoms with Crippen LogP contribution in [0.3, 0.4) is 0 Å². The lowest BCUT2D eigenvalue weighted by atomic mass is 10.0. The van der Waals surface area contributed by atoms with E-state index in [0.29, 0.717) is 12.4 Å². The van der Waals surface area contributed by atoms with Crippen LogP contribution in [0.1, 0.15) is 55.3 Å². The van der Waals surface area contributed by atoms with Gasteiger partial charge >= 0.3 is 6.03 Å². The van der Waals surface area contributed by atoms with Crippen LogP contribution in [0.25, 0.3) is 0 Å². The largest absolute Gasteiger partial charge is 0.496 e. The molecule has 6 heteroatoms. The first-order valence-corrected chi connectivity index (χ1v) is 9.85. The van der Waals surface area contributed by atoms with Crippen molar-refractivity contribution in [2.75, 3.05) is 7.11 Å². The summed E-state index contributed by atoms with van der Waals surface area (Å²) in [4.78, 5) is 16.6. The molecule has 28 heavy (non-hydrogen) atoms. The molecule has 6 nitrogen and oxygen atoms in total. The minimum atomic E-state index is -0.230. The van der Waals surface area contributed by atoms with E-state index in [1.165, 1.54) is 12.8 Å². The third-order valence-corrected chi connectivity index (χ3v) is 5.04. The van der Waals surface area contributed by atoms with Gasteiger partial charge < -0.3 is 20.1 Å². The Morgan fingerprint density at radius 3 is 2.79 bits per heavy atom. The molecule has 0 radical (unpaired) electrons. The fraction of sp³-hybridized carbons (Fsp3) is 0.455. The molecule has 0 saturated heterocycles. The number of nitrogens with one attached hydrogen (secondary N) is 2. The molecule has 1 aromatic heterocycles. The number of carbonyl (C=O) groups excluding carboxylic acids is 1. The van der Waals surface area contributed by atoms with Crippen molar-refractivity contribution in [2.24, 2.45) is 0 Å². The van der Waals surface area contributed by atoms with Crippen molar-refractivity contribution >= 4 is 6.03 Å². The average Bonchev–Trinajstić information content (AvgIpc) is 3.19. The highest BCUT2D eigenvalue weighted by Gasteiger charge is 2.17. The summed E-state index contributed by atoms with van der Waals surface area (Å²) in [7, 11) is 1.63. The summed E-state index contributed by atoms with van der Waals surface area (Å²) in [5.74, 6) is 1.39. The number of ether oxygens (including phenoxy) is 2. The van der Waals surface area contributed by atoms with Gasteiger partial charge in [-0.2, -0.15) is 0 Å². The zero-order valence-corrected chi connectivity index (χ0v) is 16.8. The molecule has 150 valence electrons. The molecule has 1 saturated carbocycles. The maximum Gasteiger partial charge on any atom is 0.315 e. The molecular weight excluding hydrogens is 354 g/mol. The molecule has 0 bridgehead atoms. The summed E-state index contributed by atoms with van der Waals surface area (Å²) >= 11 is 0. The highest BCUT2D eigenvalue weighted by atomic mass is 16.5. The Morgan fingerprint density at radius 2 is 2.04 bits per heavy atom. The van der Waals surface area contributed by atoms with Crippen molar-refractivity contribution in [1.29, 1.82) is 0 Å². The second kappa shape index (κ2) is 9.44. The molecule has 1 heterocycles. The number of methoxy groups -OCH3 is 1. The number of urea groups is 1. The van der Waals surface area contributed by atoms with Crippen LogP contribution in [-0.4, -0.2) is 24.2 Å². The van der Waals surface area contributed by atoms with Crippen LogP contribution in [0.5, 0.6) is 11.6 Å². The zero-order chi connectivity index (χ0) is 19.9. The number of aryl methyl sites for hydroxylation is 1. The van der Waals surface area contributed by atoms with Gasteiger partial charge in [0.05, 0.1) is 13.2 Å². The van der Waals surface area contributed by atoms with E-state index < -0.39 is 0 Å². The monoisotopic (exact) mass is 383 g/mol. The van der Waals surface area contributed by atoms with Gasteiger partial charge in [-0.05, 0) is 57.2 Å². The van der Waals surface area contributed by atoms with Crippen molar-refractivity contribution in [1.82, 2.24) is 15.6 Å². The first-order valence-electron chi connectivity index (χ1n) is 9.85. The molecule has 1 fully saturated rings. The molecule has 1 aromatic carbocycles. The quantitative estimate of drug-likeness (QED) is 0.748. The molecule has 1 atom stereocenters. The van der Waals surface area contributed by atoms with Gasteiger partial charge in [0.1, 0.15) is 11.9 Å². The lowest BCUT2D eigenvalue weighted by Crippen LogP contribution is -2.36. The first kappa shape index (κ1) is 20.0. The van der Waals surface area contributed by atoms with E-state index in [1.807, 2.05) is 44.2 Å². The molecule has 0 aliphatic heterocycles. The van der Waals surface area contributed by atoms with E-state index in [0.717, 1.165) is 35.3 Å². The SMILES string of the molecule is COc1ccc(C)cc1C(C)NC(=O)NCc1ccnc(OC2CCCC2)c1. The van der Waals surface area contributed by atoms with Crippen LogP contribution in [0.15, 0.2) is 36.5 Å². The number of carbonyl (C=O) groups is 1. The van der Waals surface area contributed by atoms with Gasteiger partial charge in [0.2, 0.25) is 5.88 Å². The lowest BCUT2D eigenvalue weighted by molar-refractivity contribution is 0.201. The Hall–Kier alpha value is -2.76. The molecule has 0 spiro atoms. The van der Waals surface area contributed by atoms with Crippen LogP contribution in [-0.2, 0) is 6.54 Å². The van der Waals surface area contributed by atoms with E-state index in [9.17, 15) is 4.79 Å². The first-order chi connectivity index (χ1) is 13.5. The smallest absolute Gasteiger partial charge is 0.315 e. The number of nitrogens with zero attached hydrogens (tertiary/aromatic N) is 1. The Bertz CT molecular complexity index is 803. The van der Waals surface area contributed by atoms with Crippen LogP contribution >= 0.6 is 0 Å². The van der Waals surface area contributed by atoms with Gasteiger partial charge in [-0.15, -0.1) is 0 Å². The van der Waals surface area contributed by atoms with Crippen molar-refractivity contribution in [3.8, 4) is 11.6 Å². The fourth-order valence-corrected chi connectivity index (χ4v) is 3.50. The molecular formula is C22H29N3O3. The van der Waals surface area contributed by atoms with E-state index >= 15 is 0 Å². The number of rotatable bonds is 7. The molecule has 1 aliphatic rings. The summed E-state index contributed by atoms with van der Waals surface area (Å²) in [6.45, 7) is 4.37. The predicted molar refractivity (Wildman–Crippen MR) is 109 cm³/mol. The molecule has 2 N–H and O–H groups in total. The van der Waals surface area contributed by atoms with Crippen molar-refractivity contribution in [3.63, 3.8) is 0 Å². The van der Waals surface area contributed by atoms with Gasteiger partial charge in [0, 0.05) is 24.4 Å². The number of benzene rings is 1. The number of aromatic nitrogens is 1. The van der Waals surface area contributed by atoms with Gasteiger partial charge in [-0.25, -0.2) is 9.78 Å². The normalized spacial score (nSPS) is 15.1. The van der Waals surface area contributed by atoms with Crippen molar-refractivity contribution in [3.05, 3.63) is 53.2 Å². The van der Waals surface area contributed by atoms with Gasteiger partial charge in [0.25, 0.3) is 0 Å². The fourth-order valence-electron chi connectivity index (χ4n) is 3.50. The zero-order valence-electron chi connectivity index (χ0n) is 16.8. The Kier molecular flexibility index (Phi) is 6.74. The highest BCUT2D eigenvalue weighted by molar-refractivity contribution is 5.74. The summed E-state index contributed by atoms with van der Waals surface area (Å²) in [6, 6.07) is 9.31. The lowest BCUT2D eigenvalue weighted by Gasteiger charge is -2.18. The predicted octanol–water partition coefficient (Wildman–Crippen LogP) is 4.28. The van der Waals surface area contributed by atoms with Gasteiger partial charge in [0.15, 0.2) is 0 Å². The molecule has 1 aliphatic carbocycles. The van der Waals surface area contributed by atoms with E-state index in [2.05, 4.69) is 15.6 Å². The summed E-state index contributed by atoms with van der Waals surface area (Å²) < 4.78 is 11.3. The number of amides is 2. The second-order valence-electron chi connectivity index (χ2n) is 7.32. The Labute approximate surface area is 166 Å². The molecule has 1 unspecified atom stereocenters. The van der Waals surface area contributed by atoms with E-state index in [1.54, 1.807) is 13.3 Å². The summed E-state index contributed by atoms with van der Waals surface area (Å²) in [6.07, 6.45) is 6.61. The number of hydrogen-bond donors (Lipinski definition) is 2. The van der Waals surface area contributed by atoms with E-state index in [-0.39, 0.29) is 18.2 Å². The van der Waals surface area contributed by atoms with Gasteiger partial charge in [-0.1, -0.05) is 17.7 Å². The van der Waals surface area contributed by atoms with Crippen LogP contribution in [0.2, 0.25) is 0 Å². The maximum absolute atomic E-state index is 12.3. The summed E-state index contributed by atoms with van der Waals surface area (Å²) in [5.41, 5.74) is 3.03. The minimum Gasteiger partial charge on any atom is -0.496 e. The topological polar surface area (TPSA) is 72.5 Å². The number of pyridine rings is 1. The Morgan fingerprint density at radius 1 is 1.25 bits per heavy atom. The van der Waals surface area contributed by atoms with Crippen LogP contribution < -0.4 is 20.1 Å². The highest BCUT2D eigenvalue weighted by Crippen LogP contribution is 2.26. The van der Waals surface area contributed by atoms with E-state index in [4.69, 9.17) is 9.47 Å². The molecule has 3 rings (SSSR count). The Balaban J connectivity index is 1.53. The number of hydrogen-bond acceptors (Lipinski definition) is 4. The molecule has 2 amide bonds. The third kappa shape index (κ3) is 5.38. The third-order valence-electron chi connectivity index (χ3n) is 5.04. The standard InChI is InChI=1S/C22H29N3O3/c1-15-8-9-20(27-3)19(12-15)16(2)25-22(26)24-14-17-10-11-23-21(13-17)28-18-6-4-5-7-18/h8-13,16,18H,4-7,14H2,1-3H3,(H2,24,25,26). The van der Waals surface area contributed by atoms with Crippen molar-refractivity contribution in [2.45, 2.75) is 58.2 Å². The second-order valence-corrected chi connectivity index (χ2v) is 7.32. The van der Waals surface area contributed by atoms with Crippen LogP contribution in [0.4, 0.5) is 4.79 Å². The van der Waals surface area contributed by atoms with Crippen molar-refractivity contribution < 1.29 is 14.3 Å². The molecule has 2 aromatic rings. The van der Waals surface area contributed by atoms with Crippen LogP contribution in [0, 0.1) is 6.92 Å². The average molecular weight is 383 g/mol. The maximum atomic E-state index is 12.3. The minimum absolute atomic E-state index is 0.173.